The summed E-state index contributed by atoms with van der Waals surface area (Å²) in [7, 11) is 0. The largest absolute Gasteiger partial charge is 0.390 e. The molecule has 1 aromatic heterocycles. The van der Waals surface area contributed by atoms with Crippen molar-refractivity contribution in [2.75, 3.05) is 0 Å². The number of aliphatic hydroxyl groups excluding tert-OH is 2. The highest BCUT2D eigenvalue weighted by Gasteiger charge is 2.19. The van der Waals surface area contributed by atoms with Gasteiger partial charge in [0.2, 0.25) is 0 Å². The van der Waals surface area contributed by atoms with Crippen molar-refractivity contribution in [2.24, 2.45) is 0 Å². The molecule has 0 aromatic carbocycles. The van der Waals surface area contributed by atoms with E-state index >= 15 is 0 Å². The molecule has 0 aliphatic carbocycles. The number of aliphatic hydroxyl groups is 2. The molecule has 2 N–H and O–H groups in total. The molecule has 0 spiro atoms. The summed E-state index contributed by atoms with van der Waals surface area (Å²) in [4.78, 5) is 0. The van der Waals surface area contributed by atoms with E-state index in [1.54, 1.807) is 10.7 Å². The third kappa shape index (κ3) is 1.13. The van der Waals surface area contributed by atoms with Crippen LogP contribution in [-0.4, -0.2) is 20.0 Å². The zero-order chi connectivity index (χ0) is 8.55. The Morgan fingerprint density at radius 3 is 3.17 bits per heavy atom. The van der Waals surface area contributed by atoms with Gasteiger partial charge in [0.15, 0.2) is 0 Å². The van der Waals surface area contributed by atoms with Crippen molar-refractivity contribution in [2.45, 2.75) is 32.1 Å². The van der Waals surface area contributed by atoms with Crippen molar-refractivity contribution in [3.8, 4) is 0 Å². The molecule has 1 aliphatic rings. The second-order valence-corrected chi connectivity index (χ2v) is 3.10. The molecule has 1 aromatic rings. The number of fused-ring (bicyclic) bond motifs is 1. The van der Waals surface area contributed by atoms with E-state index in [-0.39, 0.29) is 6.61 Å². The van der Waals surface area contributed by atoms with Crippen LogP contribution in [0.5, 0.6) is 0 Å². The van der Waals surface area contributed by atoms with Crippen LogP contribution >= 0.6 is 0 Å². The van der Waals surface area contributed by atoms with Gasteiger partial charge in [0.05, 0.1) is 24.1 Å². The van der Waals surface area contributed by atoms with Crippen LogP contribution in [0.1, 0.15) is 30.3 Å². The van der Waals surface area contributed by atoms with E-state index in [2.05, 4.69) is 5.10 Å². The lowest BCUT2D eigenvalue weighted by Crippen LogP contribution is -2.15. The number of hydrogen-bond acceptors (Lipinski definition) is 3. The number of rotatable bonds is 1. The Morgan fingerprint density at radius 1 is 1.67 bits per heavy atom. The molecule has 1 aliphatic heterocycles. The summed E-state index contributed by atoms with van der Waals surface area (Å²) in [6.45, 7) is 0.805. The predicted molar refractivity (Wildman–Crippen MR) is 42.3 cm³/mol. The van der Waals surface area contributed by atoms with Crippen molar-refractivity contribution in [3.05, 3.63) is 17.5 Å². The zero-order valence-electron chi connectivity index (χ0n) is 6.77. The lowest BCUT2D eigenvalue weighted by Gasteiger charge is -2.18. The quantitative estimate of drug-likeness (QED) is 0.630. The fourth-order valence-electron chi connectivity index (χ4n) is 1.59. The Balaban J connectivity index is 2.37. The first-order valence-electron chi connectivity index (χ1n) is 4.17. The molecule has 1 atom stereocenters. The van der Waals surface area contributed by atoms with Gasteiger partial charge in [0.1, 0.15) is 0 Å². The van der Waals surface area contributed by atoms with Crippen molar-refractivity contribution < 1.29 is 10.2 Å². The monoisotopic (exact) mass is 168 g/mol. The Bertz CT molecular complexity index is 283. The molecule has 0 saturated heterocycles. The van der Waals surface area contributed by atoms with E-state index in [1.807, 2.05) is 0 Å². The van der Waals surface area contributed by atoms with Crippen LogP contribution in [0, 0.1) is 0 Å². The van der Waals surface area contributed by atoms with Gasteiger partial charge in [-0.15, -0.1) is 0 Å². The minimum absolute atomic E-state index is 0.0489. The minimum atomic E-state index is -0.397. The van der Waals surface area contributed by atoms with Crippen molar-refractivity contribution in [1.29, 1.82) is 0 Å². The Hall–Kier alpha value is -0.870. The standard InChI is InChI=1S/C8H12N2O2/c11-5-6-4-7-8(12)2-1-3-10(7)9-6/h4,8,11-12H,1-3,5H2. The average molecular weight is 168 g/mol. The first-order chi connectivity index (χ1) is 5.81. The average Bonchev–Trinajstić information content (AvgIpc) is 2.49. The van der Waals surface area contributed by atoms with Gasteiger partial charge in [-0.2, -0.15) is 5.10 Å². The number of aryl methyl sites for hydroxylation is 1. The molecule has 12 heavy (non-hydrogen) atoms. The van der Waals surface area contributed by atoms with Gasteiger partial charge in [0.25, 0.3) is 0 Å². The van der Waals surface area contributed by atoms with Gasteiger partial charge in [-0.25, -0.2) is 0 Å². The molecule has 4 heteroatoms. The van der Waals surface area contributed by atoms with E-state index in [0.717, 1.165) is 25.1 Å². The van der Waals surface area contributed by atoms with E-state index in [0.29, 0.717) is 5.69 Å². The van der Waals surface area contributed by atoms with Crippen LogP contribution in [0.3, 0.4) is 0 Å². The van der Waals surface area contributed by atoms with Gasteiger partial charge < -0.3 is 10.2 Å². The van der Waals surface area contributed by atoms with Crippen LogP contribution in [0.15, 0.2) is 6.07 Å². The third-order valence-electron chi connectivity index (χ3n) is 2.21. The summed E-state index contributed by atoms with van der Waals surface area (Å²) >= 11 is 0. The summed E-state index contributed by atoms with van der Waals surface area (Å²) < 4.78 is 1.78. The Kier molecular flexibility index (Phi) is 1.86. The molecule has 0 fully saturated rings. The third-order valence-corrected chi connectivity index (χ3v) is 2.21. The van der Waals surface area contributed by atoms with Gasteiger partial charge >= 0.3 is 0 Å². The molecule has 0 amide bonds. The molecule has 0 bridgehead atoms. The SMILES string of the molecule is OCc1cc2n(n1)CCCC2O. The van der Waals surface area contributed by atoms with Crippen molar-refractivity contribution >= 4 is 0 Å². The van der Waals surface area contributed by atoms with E-state index in [1.165, 1.54) is 0 Å². The van der Waals surface area contributed by atoms with Crippen molar-refractivity contribution in [3.63, 3.8) is 0 Å². The number of hydrogen-bond donors (Lipinski definition) is 2. The van der Waals surface area contributed by atoms with E-state index in [4.69, 9.17) is 5.11 Å². The van der Waals surface area contributed by atoms with Gasteiger partial charge in [-0.1, -0.05) is 0 Å². The second-order valence-electron chi connectivity index (χ2n) is 3.10. The fraction of sp³-hybridized carbons (Fsp3) is 0.625. The summed E-state index contributed by atoms with van der Waals surface area (Å²) in [5, 5.41) is 22.5. The number of nitrogens with zero attached hydrogens (tertiary/aromatic N) is 2. The molecule has 1 unspecified atom stereocenters. The summed E-state index contributed by atoms with van der Waals surface area (Å²) in [6, 6.07) is 1.77. The topological polar surface area (TPSA) is 58.3 Å². The first-order valence-corrected chi connectivity index (χ1v) is 4.17. The second kappa shape index (κ2) is 2.88. The molecular formula is C8H12N2O2. The molecule has 4 nitrogen and oxygen atoms in total. The maximum atomic E-state index is 9.53. The highest BCUT2D eigenvalue weighted by Crippen LogP contribution is 2.24. The van der Waals surface area contributed by atoms with Crippen molar-refractivity contribution in [1.82, 2.24) is 9.78 Å². The minimum Gasteiger partial charge on any atom is -0.390 e. The molecule has 0 radical (unpaired) electrons. The normalized spacial score (nSPS) is 22.3. The molecule has 66 valence electrons. The lowest BCUT2D eigenvalue weighted by molar-refractivity contribution is 0.135. The van der Waals surface area contributed by atoms with E-state index in [9.17, 15) is 5.11 Å². The Labute approximate surface area is 70.4 Å². The summed E-state index contributed by atoms with van der Waals surface area (Å²) in [6.07, 6.45) is 1.36. The van der Waals surface area contributed by atoms with Crippen LogP contribution in [0.2, 0.25) is 0 Å². The van der Waals surface area contributed by atoms with Crippen LogP contribution in [0.25, 0.3) is 0 Å². The maximum absolute atomic E-state index is 9.53. The Morgan fingerprint density at radius 2 is 2.50 bits per heavy atom. The lowest BCUT2D eigenvalue weighted by atomic mass is 10.1. The highest BCUT2D eigenvalue weighted by atomic mass is 16.3. The predicted octanol–water partition coefficient (Wildman–Crippen LogP) is 0.203. The van der Waals surface area contributed by atoms with Crippen LogP contribution in [-0.2, 0) is 13.2 Å². The molecule has 2 rings (SSSR count). The van der Waals surface area contributed by atoms with Gasteiger partial charge in [0, 0.05) is 6.54 Å². The van der Waals surface area contributed by atoms with E-state index < -0.39 is 6.10 Å². The maximum Gasteiger partial charge on any atom is 0.0957 e. The van der Waals surface area contributed by atoms with Crippen LogP contribution < -0.4 is 0 Å². The van der Waals surface area contributed by atoms with Gasteiger partial charge in [-0.3, -0.25) is 4.68 Å². The van der Waals surface area contributed by atoms with Crippen LogP contribution in [0.4, 0.5) is 0 Å². The molecular weight excluding hydrogens is 156 g/mol. The highest BCUT2D eigenvalue weighted by molar-refractivity contribution is 5.13. The summed E-state index contributed by atoms with van der Waals surface area (Å²) in [5.74, 6) is 0. The zero-order valence-corrected chi connectivity index (χ0v) is 6.77. The number of aromatic nitrogens is 2. The van der Waals surface area contributed by atoms with Gasteiger partial charge in [-0.05, 0) is 18.9 Å². The molecule has 0 saturated carbocycles. The molecule has 2 heterocycles. The smallest absolute Gasteiger partial charge is 0.0957 e. The fourth-order valence-corrected chi connectivity index (χ4v) is 1.59. The summed E-state index contributed by atoms with van der Waals surface area (Å²) in [5.41, 5.74) is 1.48. The first kappa shape index (κ1) is 7.76.